The number of carbonyl (C=O) groups excluding carboxylic acids is 2. The van der Waals surface area contributed by atoms with Crippen LogP contribution in [0.3, 0.4) is 0 Å². The number of ether oxygens (including phenoxy) is 1. The molecule has 1 aromatic heterocycles. The van der Waals surface area contributed by atoms with Crippen molar-refractivity contribution in [3.05, 3.63) is 39.8 Å². The normalized spacial score (nSPS) is 21.3. The number of carbonyl (C=O) groups is 2. The van der Waals surface area contributed by atoms with Crippen molar-refractivity contribution < 1.29 is 14.3 Å². The van der Waals surface area contributed by atoms with Crippen LogP contribution in [0.25, 0.3) is 0 Å². The van der Waals surface area contributed by atoms with Crippen molar-refractivity contribution in [2.75, 3.05) is 25.5 Å². The van der Waals surface area contributed by atoms with Crippen LogP contribution in [0.15, 0.2) is 24.3 Å². The van der Waals surface area contributed by atoms with Crippen molar-refractivity contribution in [3.63, 3.8) is 0 Å². The van der Waals surface area contributed by atoms with Crippen LogP contribution < -0.4 is 10.1 Å². The van der Waals surface area contributed by atoms with Gasteiger partial charge in [-0.1, -0.05) is 13.0 Å². The predicted octanol–water partition coefficient (Wildman–Crippen LogP) is 3.38. The molecular weight excluding hydrogens is 374 g/mol. The van der Waals surface area contributed by atoms with Crippen LogP contribution in [-0.4, -0.2) is 41.9 Å². The number of methoxy groups -OCH3 is 1. The summed E-state index contributed by atoms with van der Waals surface area (Å²) in [5.41, 5.74) is 1.64. The Morgan fingerprint density at radius 3 is 2.79 bits per heavy atom. The van der Waals surface area contributed by atoms with Crippen molar-refractivity contribution in [1.29, 1.82) is 0 Å². The zero-order valence-corrected chi connectivity index (χ0v) is 17.1. The number of amides is 2. The minimum atomic E-state index is -0.206. The van der Waals surface area contributed by atoms with Gasteiger partial charge in [0.05, 0.1) is 12.8 Å². The number of thiazole rings is 1. The minimum absolute atomic E-state index is 0.206. The molecule has 0 unspecified atom stereocenters. The number of hydrogen-bond donors (Lipinski definition) is 1. The van der Waals surface area contributed by atoms with E-state index in [9.17, 15) is 9.59 Å². The fraction of sp³-hybridized carbons (Fsp3) is 0.476. The van der Waals surface area contributed by atoms with E-state index in [1.54, 1.807) is 13.2 Å². The maximum absolute atomic E-state index is 12.6. The van der Waals surface area contributed by atoms with Gasteiger partial charge in [0, 0.05) is 48.5 Å². The van der Waals surface area contributed by atoms with E-state index in [4.69, 9.17) is 4.74 Å². The highest BCUT2D eigenvalue weighted by Gasteiger charge is 2.35. The molecule has 1 saturated carbocycles. The molecule has 1 aliphatic carbocycles. The average Bonchev–Trinajstić information content (AvgIpc) is 2.98. The lowest BCUT2D eigenvalue weighted by molar-refractivity contribution is -0.139. The quantitative estimate of drug-likeness (QED) is 0.856. The second-order valence-electron chi connectivity index (χ2n) is 7.67. The lowest BCUT2D eigenvalue weighted by Crippen LogP contribution is -2.42. The van der Waals surface area contributed by atoms with E-state index in [1.165, 1.54) is 11.3 Å². The van der Waals surface area contributed by atoms with Gasteiger partial charge in [-0.3, -0.25) is 9.59 Å². The van der Waals surface area contributed by atoms with Gasteiger partial charge in [0.15, 0.2) is 5.01 Å². The van der Waals surface area contributed by atoms with Crippen LogP contribution in [0.4, 0.5) is 5.69 Å². The third-order valence-corrected chi connectivity index (χ3v) is 6.72. The van der Waals surface area contributed by atoms with Crippen molar-refractivity contribution in [2.45, 2.75) is 32.6 Å². The molecule has 148 valence electrons. The molecule has 1 N–H and O–H groups in total. The predicted molar refractivity (Wildman–Crippen MR) is 109 cm³/mol. The summed E-state index contributed by atoms with van der Waals surface area (Å²) in [5.74, 6) is 1.67. The van der Waals surface area contributed by atoms with E-state index in [0.29, 0.717) is 41.2 Å². The van der Waals surface area contributed by atoms with Crippen molar-refractivity contribution in [2.24, 2.45) is 11.8 Å². The van der Waals surface area contributed by atoms with E-state index in [1.807, 2.05) is 23.1 Å². The van der Waals surface area contributed by atoms with Gasteiger partial charge in [0.2, 0.25) is 5.91 Å². The SMILES string of the molecule is COc1cccc(NC(=O)c2nc3c(s2)CCN(C(=O)C2CC(C)C2)CC3)c1. The summed E-state index contributed by atoms with van der Waals surface area (Å²) in [6.45, 7) is 3.61. The maximum atomic E-state index is 12.6. The molecule has 28 heavy (non-hydrogen) atoms. The van der Waals surface area contributed by atoms with Gasteiger partial charge in [0.25, 0.3) is 5.91 Å². The van der Waals surface area contributed by atoms with Gasteiger partial charge in [-0.05, 0) is 30.9 Å². The number of aromatic nitrogens is 1. The second kappa shape index (κ2) is 7.91. The van der Waals surface area contributed by atoms with E-state index < -0.39 is 0 Å². The van der Waals surface area contributed by atoms with Crippen molar-refractivity contribution in [3.8, 4) is 5.75 Å². The topological polar surface area (TPSA) is 71.5 Å². The molecule has 1 fully saturated rings. The second-order valence-corrected chi connectivity index (χ2v) is 8.76. The highest BCUT2D eigenvalue weighted by atomic mass is 32.1. The first-order valence-corrected chi connectivity index (χ1v) is 10.6. The first-order chi connectivity index (χ1) is 13.5. The highest BCUT2D eigenvalue weighted by molar-refractivity contribution is 7.13. The fourth-order valence-corrected chi connectivity index (χ4v) is 4.92. The Labute approximate surface area is 168 Å². The summed E-state index contributed by atoms with van der Waals surface area (Å²) in [6, 6.07) is 7.27. The van der Waals surface area contributed by atoms with E-state index in [2.05, 4.69) is 17.2 Å². The molecule has 7 heteroatoms. The van der Waals surface area contributed by atoms with Crippen LogP contribution in [0, 0.1) is 11.8 Å². The minimum Gasteiger partial charge on any atom is -0.497 e. The summed E-state index contributed by atoms with van der Waals surface area (Å²) in [5, 5.41) is 3.36. The Kier molecular flexibility index (Phi) is 5.35. The Bertz CT molecular complexity index is 863. The fourth-order valence-electron chi connectivity index (χ4n) is 3.93. The van der Waals surface area contributed by atoms with Crippen LogP contribution in [-0.2, 0) is 17.6 Å². The third kappa shape index (κ3) is 3.90. The van der Waals surface area contributed by atoms with Gasteiger partial charge in [-0.25, -0.2) is 4.98 Å². The summed E-state index contributed by atoms with van der Waals surface area (Å²) in [7, 11) is 1.60. The molecule has 2 aliphatic rings. The number of benzene rings is 1. The molecule has 2 aromatic rings. The van der Waals surface area contributed by atoms with Gasteiger partial charge in [0.1, 0.15) is 5.75 Å². The van der Waals surface area contributed by atoms with Crippen molar-refractivity contribution in [1.82, 2.24) is 9.88 Å². The van der Waals surface area contributed by atoms with Crippen molar-refractivity contribution >= 4 is 28.8 Å². The number of anilines is 1. The molecule has 0 radical (unpaired) electrons. The Hall–Kier alpha value is -2.41. The first kappa shape index (κ1) is 18.9. The third-order valence-electron chi connectivity index (χ3n) is 5.56. The van der Waals surface area contributed by atoms with Gasteiger partial charge < -0.3 is 15.0 Å². The Morgan fingerprint density at radius 1 is 1.25 bits per heavy atom. The largest absolute Gasteiger partial charge is 0.497 e. The summed E-state index contributed by atoms with van der Waals surface area (Å²) >= 11 is 1.44. The molecule has 0 spiro atoms. The molecule has 4 rings (SSSR count). The van der Waals surface area contributed by atoms with E-state index in [0.717, 1.165) is 36.4 Å². The summed E-state index contributed by atoms with van der Waals surface area (Å²) in [4.78, 5) is 32.9. The molecule has 1 aliphatic heterocycles. The van der Waals surface area contributed by atoms with Crippen LogP contribution in [0.5, 0.6) is 5.75 Å². The number of hydrogen-bond acceptors (Lipinski definition) is 5. The first-order valence-electron chi connectivity index (χ1n) is 9.76. The molecule has 2 amide bonds. The van der Waals surface area contributed by atoms with E-state index in [-0.39, 0.29) is 11.8 Å². The number of nitrogens with zero attached hydrogens (tertiary/aromatic N) is 2. The molecule has 2 heterocycles. The molecule has 0 atom stereocenters. The van der Waals surface area contributed by atoms with E-state index >= 15 is 0 Å². The van der Waals surface area contributed by atoms with Gasteiger partial charge >= 0.3 is 0 Å². The number of nitrogens with one attached hydrogen (secondary N) is 1. The van der Waals surface area contributed by atoms with Crippen LogP contribution in [0.1, 0.15) is 40.1 Å². The molecule has 1 aromatic carbocycles. The Balaban J connectivity index is 1.39. The molecule has 0 bridgehead atoms. The molecule has 0 saturated heterocycles. The zero-order chi connectivity index (χ0) is 19.7. The summed E-state index contributed by atoms with van der Waals surface area (Å²) in [6.07, 6.45) is 3.52. The van der Waals surface area contributed by atoms with Crippen LogP contribution >= 0.6 is 11.3 Å². The number of rotatable bonds is 4. The zero-order valence-electron chi connectivity index (χ0n) is 16.2. The lowest BCUT2D eigenvalue weighted by atomic mass is 9.75. The van der Waals surface area contributed by atoms with Gasteiger partial charge in [-0.15, -0.1) is 11.3 Å². The Morgan fingerprint density at radius 2 is 2.04 bits per heavy atom. The monoisotopic (exact) mass is 399 g/mol. The molecular formula is C21H25N3O3S. The maximum Gasteiger partial charge on any atom is 0.284 e. The standard InChI is InChI=1S/C21H25N3O3S/c1-13-10-14(11-13)21(26)24-8-6-17-18(7-9-24)28-20(23-17)19(25)22-15-4-3-5-16(12-15)27-2/h3-5,12-14H,6-11H2,1-2H3,(H,22,25). The summed E-state index contributed by atoms with van der Waals surface area (Å²) < 4.78 is 5.19. The molecule has 6 nitrogen and oxygen atoms in total. The van der Waals surface area contributed by atoms with Gasteiger partial charge in [-0.2, -0.15) is 0 Å². The van der Waals surface area contributed by atoms with Crippen LogP contribution in [0.2, 0.25) is 0 Å². The lowest BCUT2D eigenvalue weighted by Gasteiger charge is -2.35. The smallest absolute Gasteiger partial charge is 0.284 e. The highest BCUT2D eigenvalue weighted by Crippen LogP contribution is 2.35. The number of fused-ring (bicyclic) bond motifs is 1. The average molecular weight is 400 g/mol.